The van der Waals surface area contributed by atoms with E-state index in [1.54, 1.807) is 0 Å². The van der Waals surface area contributed by atoms with Crippen LogP contribution in [0.5, 0.6) is 5.88 Å². The van der Waals surface area contributed by atoms with Gasteiger partial charge in [0.25, 0.3) is 0 Å². The van der Waals surface area contributed by atoms with Gasteiger partial charge < -0.3 is 5.11 Å². The van der Waals surface area contributed by atoms with Crippen LogP contribution < -0.4 is 5.69 Å². The normalized spacial score (nSPS) is 12.0. The molecule has 0 aliphatic rings. The third kappa shape index (κ3) is 1.36. The predicted molar refractivity (Wildman–Crippen MR) is 49.0 cm³/mol. The highest BCUT2D eigenvalue weighted by atomic mass is 32.1. The van der Waals surface area contributed by atoms with E-state index in [4.69, 9.17) is 5.11 Å². The number of nitrogens with one attached hydrogen (secondary N) is 1. The number of hydrogen-bond donors (Lipinski definition) is 3. The summed E-state index contributed by atoms with van der Waals surface area (Å²) in [7, 11) is 0. The Balaban J connectivity index is 3.43. The topological polar surface area (TPSA) is 58.0 Å². The Morgan fingerprint density at radius 2 is 2.00 bits per heavy atom. The molecule has 1 aromatic heterocycles. The summed E-state index contributed by atoms with van der Waals surface area (Å²) in [6.45, 7) is 5.59. The minimum atomic E-state index is -0.369. The zero-order valence-corrected chi connectivity index (χ0v) is 8.14. The zero-order chi connectivity index (χ0) is 9.52. The van der Waals surface area contributed by atoms with Crippen LogP contribution in [0.1, 0.15) is 20.8 Å². The average Bonchev–Trinajstić information content (AvgIpc) is 2.05. The lowest BCUT2D eigenvalue weighted by Crippen LogP contribution is -2.32. The van der Waals surface area contributed by atoms with Gasteiger partial charge in [-0.1, -0.05) is 0 Å². The van der Waals surface area contributed by atoms with Gasteiger partial charge in [0.05, 0.1) is 0 Å². The van der Waals surface area contributed by atoms with Crippen LogP contribution in [0.2, 0.25) is 0 Å². The fourth-order valence-corrected chi connectivity index (χ4v) is 1.48. The van der Waals surface area contributed by atoms with Gasteiger partial charge in [-0.05, 0) is 20.8 Å². The van der Waals surface area contributed by atoms with Gasteiger partial charge in [-0.15, -0.1) is 12.6 Å². The number of aromatic nitrogens is 2. The van der Waals surface area contributed by atoms with Crippen molar-refractivity contribution in [3.8, 4) is 5.88 Å². The van der Waals surface area contributed by atoms with Crippen LogP contribution in [0.3, 0.4) is 0 Å². The van der Waals surface area contributed by atoms with Crippen LogP contribution in [0.25, 0.3) is 0 Å². The molecule has 0 aliphatic heterocycles. The van der Waals surface area contributed by atoms with Crippen molar-refractivity contribution in [2.75, 3.05) is 0 Å². The molecule has 0 saturated carbocycles. The quantitative estimate of drug-likeness (QED) is 0.530. The summed E-state index contributed by atoms with van der Waals surface area (Å²) in [6.07, 6.45) is 0. The van der Waals surface area contributed by atoms with E-state index in [0.29, 0.717) is 0 Å². The van der Waals surface area contributed by atoms with Crippen molar-refractivity contribution in [3.63, 3.8) is 0 Å². The van der Waals surface area contributed by atoms with E-state index in [-0.39, 0.29) is 22.1 Å². The summed E-state index contributed by atoms with van der Waals surface area (Å²) in [5.74, 6) is -0.182. The molecule has 0 atom stereocenters. The molecule has 0 fully saturated rings. The molecule has 0 bridgehead atoms. The fraction of sp³-hybridized carbons (Fsp3) is 0.571. The Bertz CT molecular complexity index is 345. The summed E-state index contributed by atoms with van der Waals surface area (Å²) in [5, 5.41) is 9.40. The molecule has 0 spiro atoms. The largest absolute Gasteiger partial charge is 0.493 e. The van der Waals surface area contributed by atoms with E-state index in [0.717, 1.165) is 0 Å². The Kier molecular flexibility index (Phi) is 1.99. The van der Waals surface area contributed by atoms with Crippen LogP contribution >= 0.6 is 12.6 Å². The van der Waals surface area contributed by atoms with E-state index >= 15 is 0 Å². The van der Waals surface area contributed by atoms with Crippen molar-refractivity contribution in [3.05, 3.63) is 10.5 Å². The highest BCUT2D eigenvalue weighted by molar-refractivity contribution is 7.80. The van der Waals surface area contributed by atoms with E-state index in [9.17, 15) is 4.79 Å². The SMILES string of the molecule is CC(C)(C)n1c(S)c(O)[nH]c1=O. The number of aromatic amines is 1. The summed E-state index contributed by atoms with van der Waals surface area (Å²) in [4.78, 5) is 13.5. The molecule has 1 rings (SSSR count). The lowest BCUT2D eigenvalue weighted by atomic mass is 10.1. The van der Waals surface area contributed by atoms with Gasteiger partial charge in [-0.3, -0.25) is 9.55 Å². The second-order valence-electron chi connectivity index (χ2n) is 3.61. The molecule has 68 valence electrons. The average molecular weight is 188 g/mol. The molecule has 2 N–H and O–H groups in total. The molecular weight excluding hydrogens is 176 g/mol. The summed E-state index contributed by atoms with van der Waals surface area (Å²) in [6, 6.07) is 0. The molecule has 4 nitrogen and oxygen atoms in total. The number of aromatic hydroxyl groups is 1. The van der Waals surface area contributed by atoms with Gasteiger partial charge in [-0.25, -0.2) is 4.79 Å². The molecule has 5 heteroatoms. The first kappa shape index (κ1) is 9.25. The van der Waals surface area contributed by atoms with Crippen LogP contribution in [0.4, 0.5) is 0 Å². The molecule has 0 amide bonds. The van der Waals surface area contributed by atoms with Gasteiger partial charge in [0.2, 0.25) is 5.88 Å². The molecule has 12 heavy (non-hydrogen) atoms. The number of hydrogen-bond acceptors (Lipinski definition) is 3. The van der Waals surface area contributed by atoms with Crippen molar-refractivity contribution in [2.24, 2.45) is 0 Å². The number of nitrogens with zero attached hydrogens (tertiary/aromatic N) is 1. The van der Waals surface area contributed by atoms with Gasteiger partial charge in [0.1, 0.15) is 5.03 Å². The van der Waals surface area contributed by atoms with Crippen molar-refractivity contribution in [1.29, 1.82) is 0 Å². The summed E-state index contributed by atoms with van der Waals surface area (Å²) >= 11 is 4.01. The Hall–Kier alpha value is -0.840. The van der Waals surface area contributed by atoms with Crippen molar-refractivity contribution < 1.29 is 5.11 Å². The summed E-state index contributed by atoms with van der Waals surface area (Å²) < 4.78 is 1.39. The van der Waals surface area contributed by atoms with Crippen LogP contribution in [0.15, 0.2) is 9.82 Å². The third-order valence-corrected chi connectivity index (χ3v) is 1.93. The Labute approximate surface area is 75.6 Å². The maximum atomic E-state index is 11.2. The van der Waals surface area contributed by atoms with Crippen LogP contribution in [-0.4, -0.2) is 14.7 Å². The highest BCUT2D eigenvalue weighted by Crippen LogP contribution is 2.22. The van der Waals surface area contributed by atoms with Gasteiger partial charge >= 0.3 is 5.69 Å². The summed E-state index contributed by atoms with van der Waals surface area (Å²) in [5.41, 5.74) is -0.712. The minimum absolute atomic E-state index is 0.182. The Morgan fingerprint density at radius 1 is 1.50 bits per heavy atom. The number of H-pyrrole nitrogens is 1. The first-order valence-corrected chi connectivity index (χ1v) is 4.02. The molecule has 0 aromatic carbocycles. The number of imidazole rings is 1. The monoisotopic (exact) mass is 188 g/mol. The minimum Gasteiger partial charge on any atom is -0.493 e. The van der Waals surface area contributed by atoms with Gasteiger partial charge in [0.15, 0.2) is 0 Å². The highest BCUT2D eigenvalue weighted by Gasteiger charge is 2.21. The second kappa shape index (κ2) is 2.58. The molecule has 0 radical (unpaired) electrons. The zero-order valence-electron chi connectivity index (χ0n) is 7.25. The van der Waals surface area contributed by atoms with Crippen molar-refractivity contribution in [1.82, 2.24) is 9.55 Å². The Morgan fingerprint density at radius 3 is 2.17 bits per heavy atom. The predicted octanol–water partition coefficient (Wildman–Crippen LogP) is 0.926. The maximum absolute atomic E-state index is 11.2. The smallest absolute Gasteiger partial charge is 0.329 e. The third-order valence-electron chi connectivity index (χ3n) is 1.52. The van der Waals surface area contributed by atoms with Gasteiger partial charge in [-0.2, -0.15) is 0 Å². The fourth-order valence-electron chi connectivity index (χ4n) is 1.04. The second-order valence-corrected chi connectivity index (χ2v) is 4.03. The molecular formula is C7H12N2O2S. The molecule has 0 saturated heterocycles. The maximum Gasteiger partial charge on any atom is 0.329 e. The van der Waals surface area contributed by atoms with Crippen LogP contribution in [-0.2, 0) is 5.54 Å². The number of rotatable bonds is 0. The first-order chi connectivity index (χ1) is 5.34. The first-order valence-electron chi connectivity index (χ1n) is 3.57. The van der Waals surface area contributed by atoms with Crippen molar-refractivity contribution >= 4 is 12.6 Å². The van der Waals surface area contributed by atoms with E-state index in [1.165, 1.54) is 4.57 Å². The molecule has 1 heterocycles. The molecule has 1 aromatic rings. The molecule has 0 aliphatic carbocycles. The van der Waals surface area contributed by atoms with Gasteiger partial charge in [0, 0.05) is 5.54 Å². The van der Waals surface area contributed by atoms with E-state index in [1.807, 2.05) is 20.8 Å². The lowest BCUT2D eigenvalue weighted by Gasteiger charge is -2.20. The van der Waals surface area contributed by atoms with E-state index in [2.05, 4.69) is 17.6 Å². The van der Waals surface area contributed by atoms with Crippen molar-refractivity contribution in [2.45, 2.75) is 31.3 Å². The standard InChI is InChI=1S/C7H12N2O2S/c1-7(2,3)9-5(12)4(10)8-6(9)11/h10,12H,1-3H3,(H,8,11). The lowest BCUT2D eigenvalue weighted by molar-refractivity contribution is 0.352. The van der Waals surface area contributed by atoms with Crippen LogP contribution in [0, 0.1) is 0 Å². The molecule has 0 unspecified atom stereocenters. The number of thiol groups is 1. The van der Waals surface area contributed by atoms with E-state index < -0.39 is 0 Å².